The fourth-order valence-corrected chi connectivity index (χ4v) is 2.90. The fraction of sp³-hybridized carbons (Fsp3) is 1.00. The second-order valence-corrected chi connectivity index (χ2v) is 7.31. The van der Waals surface area contributed by atoms with Crippen molar-refractivity contribution >= 4 is 0 Å². The molecule has 0 aromatic rings. The largest absolute Gasteiger partial charge is 0.383 e. The van der Waals surface area contributed by atoms with E-state index in [4.69, 9.17) is 4.74 Å². The highest BCUT2D eigenvalue weighted by molar-refractivity contribution is 4.82. The zero-order valence-corrected chi connectivity index (χ0v) is 15.7. The minimum atomic E-state index is 0.348. The predicted octanol–water partition coefficient (Wildman–Crippen LogP) is 3.79. The number of ether oxygens (including phenoxy) is 1. The van der Waals surface area contributed by atoms with Gasteiger partial charge in [-0.3, -0.25) is 4.90 Å². The van der Waals surface area contributed by atoms with Gasteiger partial charge >= 0.3 is 0 Å². The van der Waals surface area contributed by atoms with Gasteiger partial charge in [-0.15, -0.1) is 0 Å². The summed E-state index contributed by atoms with van der Waals surface area (Å²) in [6, 6.07) is 0.626. The van der Waals surface area contributed by atoms with E-state index in [9.17, 15) is 0 Å². The topological polar surface area (TPSA) is 24.5 Å². The summed E-state index contributed by atoms with van der Waals surface area (Å²) in [6.45, 7) is 19.1. The molecular weight excluding hydrogens is 260 g/mol. The third-order valence-corrected chi connectivity index (χ3v) is 4.34. The van der Waals surface area contributed by atoms with Gasteiger partial charge in [-0.2, -0.15) is 0 Å². The fourth-order valence-electron chi connectivity index (χ4n) is 2.90. The van der Waals surface area contributed by atoms with Crippen molar-refractivity contribution in [1.82, 2.24) is 10.2 Å². The Morgan fingerprint density at radius 1 is 1.19 bits per heavy atom. The lowest BCUT2D eigenvalue weighted by Crippen LogP contribution is -2.47. The molecule has 0 amide bonds. The first-order valence-corrected chi connectivity index (χ1v) is 8.82. The van der Waals surface area contributed by atoms with Crippen molar-refractivity contribution in [2.45, 2.75) is 66.8 Å². The number of hydrogen-bond acceptors (Lipinski definition) is 3. The highest BCUT2D eigenvalue weighted by atomic mass is 16.5. The molecule has 0 radical (unpaired) electrons. The van der Waals surface area contributed by atoms with Crippen molar-refractivity contribution in [3.05, 3.63) is 0 Å². The maximum atomic E-state index is 5.30. The monoisotopic (exact) mass is 300 g/mol. The van der Waals surface area contributed by atoms with Gasteiger partial charge < -0.3 is 10.1 Å². The Morgan fingerprint density at radius 3 is 2.33 bits per heavy atom. The standard InChI is InChI=1S/C18H40N2O/c1-8-10-18(6,14-19-13-16(3)4)15-20(11-12-21-7)17(5)9-2/h16-17,19H,8-15H2,1-7H3. The molecule has 0 aromatic carbocycles. The Balaban J connectivity index is 4.63. The van der Waals surface area contributed by atoms with Crippen LogP contribution in [-0.2, 0) is 4.74 Å². The summed E-state index contributed by atoms with van der Waals surface area (Å²) in [6.07, 6.45) is 3.72. The summed E-state index contributed by atoms with van der Waals surface area (Å²) < 4.78 is 5.30. The van der Waals surface area contributed by atoms with Crippen LogP contribution in [0.5, 0.6) is 0 Å². The zero-order chi connectivity index (χ0) is 16.3. The van der Waals surface area contributed by atoms with Gasteiger partial charge in [-0.05, 0) is 37.6 Å². The SMILES string of the molecule is CCCC(C)(CNCC(C)C)CN(CCOC)C(C)CC. The molecule has 0 fully saturated rings. The van der Waals surface area contributed by atoms with Crippen LogP contribution in [0, 0.1) is 11.3 Å². The molecule has 0 saturated carbocycles. The predicted molar refractivity (Wildman–Crippen MR) is 93.9 cm³/mol. The number of nitrogens with zero attached hydrogens (tertiary/aromatic N) is 1. The van der Waals surface area contributed by atoms with Gasteiger partial charge in [0.2, 0.25) is 0 Å². The Labute approximate surface area is 133 Å². The van der Waals surface area contributed by atoms with Crippen molar-refractivity contribution in [3.63, 3.8) is 0 Å². The summed E-state index contributed by atoms with van der Waals surface area (Å²) in [5.41, 5.74) is 0.348. The van der Waals surface area contributed by atoms with E-state index in [0.29, 0.717) is 11.5 Å². The smallest absolute Gasteiger partial charge is 0.0589 e. The van der Waals surface area contributed by atoms with Gasteiger partial charge in [0.25, 0.3) is 0 Å². The van der Waals surface area contributed by atoms with Gasteiger partial charge in [0.05, 0.1) is 6.61 Å². The zero-order valence-electron chi connectivity index (χ0n) is 15.7. The van der Waals surface area contributed by atoms with E-state index >= 15 is 0 Å². The first kappa shape index (κ1) is 20.9. The second-order valence-electron chi connectivity index (χ2n) is 7.31. The summed E-state index contributed by atoms with van der Waals surface area (Å²) in [5.74, 6) is 0.718. The molecule has 0 aliphatic rings. The average molecular weight is 301 g/mol. The van der Waals surface area contributed by atoms with Crippen molar-refractivity contribution in [2.75, 3.05) is 39.9 Å². The molecule has 0 saturated heterocycles. The molecule has 0 aliphatic carbocycles. The first-order valence-electron chi connectivity index (χ1n) is 8.82. The van der Waals surface area contributed by atoms with E-state index < -0.39 is 0 Å². The minimum absolute atomic E-state index is 0.348. The number of methoxy groups -OCH3 is 1. The van der Waals surface area contributed by atoms with Crippen molar-refractivity contribution in [1.29, 1.82) is 0 Å². The average Bonchev–Trinajstić information content (AvgIpc) is 2.42. The van der Waals surface area contributed by atoms with Crippen LogP contribution in [0.15, 0.2) is 0 Å². The number of nitrogens with one attached hydrogen (secondary N) is 1. The van der Waals surface area contributed by atoms with Crippen LogP contribution >= 0.6 is 0 Å². The van der Waals surface area contributed by atoms with Crippen LogP contribution in [0.2, 0.25) is 0 Å². The van der Waals surface area contributed by atoms with Gasteiger partial charge in [-0.25, -0.2) is 0 Å². The van der Waals surface area contributed by atoms with Crippen LogP contribution in [0.4, 0.5) is 0 Å². The van der Waals surface area contributed by atoms with Crippen LogP contribution in [0.3, 0.4) is 0 Å². The quantitative estimate of drug-likeness (QED) is 0.560. The van der Waals surface area contributed by atoms with Crippen molar-refractivity contribution < 1.29 is 4.74 Å². The molecule has 0 aromatic heterocycles. The minimum Gasteiger partial charge on any atom is -0.383 e. The Hall–Kier alpha value is -0.120. The van der Waals surface area contributed by atoms with E-state index in [1.165, 1.54) is 19.3 Å². The lowest BCUT2D eigenvalue weighted by atomic mass is 9.84. The molecule has 2 unspecified atom stereocenters. The molecule has 0 aliphatic heterocycles. The molecule has 0 bridgehead atoms. The molecule has 2 atom stereocenters. The molecule has 128 valence electrons. The third kappa shape index (κ3) is 9.49. The Morgan fingerprint density at radius 2 is 1.86 bits per heavy atom. The molecule has 0 rings (SSSR count). The highest BCUT2D eigenvalue weighted by Crippen LogP contribution is 2.25. The maximum Gasteiger partial charge on any atom is 0.0589 e. The number of rotatable bonds is 13. The summed E-state index contributed by atoms with van der Waals surface area (Å²) in [7, 11) is 1.80. The first-order chi connectivity index (χ1) is 9.88. The maximum absolute atomic E-state index is 5.30. The molecule has 3 nitrogen and oxygen atoms in total. The van der Waals surface area contributed by atoms with Crippen LogP contribution < -0.4 is 5.32 Å². The summed E-state index contributed by atoms with van der Waals surface area (Å²) >= 11 is 0. The van der Waals surface area contributed by atoms with Crippen molar-refractivity contribution in [3.8, 4) is 0 Å². The lowest BCUT2D eigenvalue weighted by Gasteiger charge is -2.39. The van der Waals surface area contributed by atoms with Gasteiger partial charge in [-0.1, -0.05) is 41.0 Å². The molecule has 21 heavy (non-hydrogen) atoms. The normalized spacial score (nSPS) is 16.4. The Kier molecular flexibility index (Phi) is 11.4. The van der Waals surface area contributed by atoms with Gasteiger partial charge in [0.15, 0.2) is 0 Å². The number of hydrogen-bond donors (Lipinski definition) is 1. The van der Waals surface area contributed by atoms with Crippen molar-refractivity contribution in [2.24, 2.45) is 11.3 Å². The van der Waals surface area contributed by atoms with Crippen LogP contribution in [0.25, 0.3) is 0 Å². The van der Waals surface area contributed by atoms with Crippen LogP contribution in [-0.4, -0.2) is 50.8 Å². The van der Waals surface area contributed by atoms with Crippen LogP contribution in [0.1, 0.15) is 60.8 Å². The van der Waals surface area contributed by atoms with E-state index in [1.54, 1.807) is 7.11 Å². The summed E-state index contributed by atoms with van der Waals surface area (Å²) in [5, 5.41) is 3.67. The summed E-state index contributed by atoms with van der Waals surface area (Å²) in [4.78, 5) is 2.61. The third-order valence-electron chi connectivity index (χ3n) is 4.34. The molecule has 0 spiro atoms. The molecule has 3 heteroatoms. The van der Waals surface area contributed by atoms with Gasteiger partial charge in [0.1, 0.15) is 0 Å². The van der Waals surface area contributed by atoms with E-state index in [1.807, 2.05) is 0 Å². The van der Waals surface area contributed by atoms with E-state index in [-0.39, 0.29) is 0 Å². The molecule has 1 N–H and O–H groups in total. The second kappa shape index (κ2) is 11.4. The lowest BCUT2D eigenvalue weighted by molar-refractivity contribution is 0.0786. The van der Waals surface area contributed by atoms with E-state index in [2.05, 4.69) is 51.8 Å². The van der Waals surface area contributed by atoms with Gasteiger partial charge in [0, 0.05) is 32.8 Å². The highest BCUT2D eigenvalue weighted by Gasteiger charge is 2.27. The van der Waals surface area contributed by atoms with E-state index in [0.717, 1.165) is 38.7 Å². The molecular formula is C18H40N2O. The Bertz CT molecular complexity index is 245. The molecule has 0 heterocycles.